The highest BCUT2D eigenvalue weighted by atomic mass is 32.2. The van der Waals surface area contributed by atoms with Gasteiger partial charge in [0.05, 0.1) is 5.75 Å². The van der Waals surface area contributed by atoms with Crippen molar-refractivity contribution in [2.45, 2.75) is 25.5 Å². The molecule has 0 aliphatic carbocycles. The predicted octanol–water partition coefficient (Wildman–Crippen LogP) is 3.63. The lowest BCUT2D eigenvalue weighted by Crippen LogP contribution is -2.26. The summed E-state index contributed by atoms with van der Waals surface area (Å²) in [5.74, 6) is -1.72. The molecule has 1 atom stereocenters. The molecule has 0 aliphatic heterocycles. The van der Waals surface area contributed by atoms with E-state index >= 15 is 0 Å². The quantitative estimate of drug-likeness (QED) is 0.608. The predicted molar refractivity (Wildman–Crippen MR) is 112 cm³/mol. The van der Waals surface area contributed by atoms with Crippen LogP contribution in [0.2, 0.25) is 0 Å². The van der Waals surface area contributed by atoms with Crippen molar-refractivity contribution in [3.05, 3.63) is 59.9 Å². The van der Waals surface area contributed by atoms with Gasteiger partial charge in [0.15, 0.2) is 6.61 Å². The van der Waals surface area contributed by atoms with Crippen LogP contribution in [0.3, 0.4) is 0 Å². The minimum atomic E-state index is -0.620. The Morgan fingerprint density at radius 3 is 2.10 bits per heavy atom. The number of amides is 2. The zero-order chi connectivity index (χ0) is 21.2. The summed E-state index contributed by atoms with van der Waals surface area (Å²) in [4.78, 5) is 35.8. The van der Waals surface area contributed by atoms with Crippen molar-refractivity contribution in [3.63, 3.8) is 0 Å². The summed E-state index contributed by atoms with van der Waals surface area (Å²) in [5.41, 5.74) is 2.25. The molecule has 0 fully saturated rings. The number of aryl methyl sites for hydroxylation is 1. The fraction of sp³-hybridized carbons (Fsp3) is 0.286. The summed E-state index contributed by atoms with van der Waals surface area (Å²) < 4.78 is 17.9. The number of ether oxygens (including phenoxy) is 1. The molecule has 2 amide bonds. The van der Waals surface area contributed by atoms with Gasteiger partial charge in [0, 0.05) is 11.4 Å². The van der Waals surface area contributed by atoms with Gasteiger partial charge in [-0.15, -0.1) is 11.8 Å². The van der Waals surface area contributed by atoms with Gasteiger partial charge in [-0.2, -0.15) is 0 Å². The standard InChI is InChI=1S/C21H23FN2O4S/c1-3-15-4-8-17(9-5-15)23-19(25)12-28-21(27)14(2)29-13-20(26)24-18-10-6-16(22)7-11-18/h4-11,14H,3,12-13H2,1-2H3,(H,23,25)(H,24,26)/t14-/m0/s1. The number of thioether (sulfide) groups is 1. The third-order valence-corrected chi connectivity index (χ3v) is 5.04. The molecule has 2 aromatic carbocycles. The maximum atomic E-state index is 12.9. The number of anilines is 2. The second-order valence-electron chi connectivity index (χ2n) is 6.21. The van der Waals surface area contributed by atoms with E-state index in [2.05, 4.69) is 10.6 Å². The Hall–Kier alpha value is -2.87. The molecule has 0 saturated heterocycles. The molecule has 0 aliphatic rings. The molecule has 8 heteroatoms. The molecule has 2 N–H and O–H groups in total. The molecule has 0 unspecified atom stereocenters. The van der Waals surface area contributed by atoms with Crippen LogP contribution in [-0.2, 0) is 25.5 Å². The number of hydrogen-bond donors (Lipinski definition) is 2. The van der Waals surface area contributed by atoms with Crippen molar-refractivity contribution >= 4 is 40.9 Å². The number of rotatable bonds is 9. The normalized spacial score (nSPS) is 11.4. The molecule has 0 radical (unpaired) electrons. The highest BCUT2D eigenvalue weighted by molar-refractivity contribution is 8.01. The lowest BCUT2D eigenvalue weighted by Gasteiger charge is -2.12. The second kappa shape index (κ2) is 11.2. The number of halogens is 1. The number of benzene rings is 2. The Balaban J connectivity index is 1.68. The molecule has 2 rings (SSSR count). The van der Waals surface area contributed by atoms with E-state index in [1.54, 1.807) is 19.1 Å². The van der Waals surface area contributed by atoms with E-state index < -0.39 is 29.6 Å². The summed E-state index contributed by atoms with van der Waals surface area (Å²) in [6.07, 6.45) is 0.906. The number of esters is 1. The Labute approximate surface area is 173 Å². The van der Waals surface area contributed by atoms with E-state index in [1.807, 2.05) is 19.1 Å². The van der Waals surface area contributed by atoms with Gasteiger partial charge in [-0.3, -0.25) is 14.4 Å². The third kappa shape index (κ3) is 7.95. The highest BCUT2D eigenvalue weighted by Crippen LogP contribution is 2.14. The molecular weight excluding hydrogens is 395 g/mol. The Kier molecular flexibility index (Phi) is 8.67. The monoisotopic (exact) mass is 418 g/mol. The summed E-state index contributed by atoms with van der Waals surface area (Å²) >= 11 is 1.08. The largest absolute Gasteiger partial charge is 0.455 e. The van der Waals surface area contributed by atoms with Crippen LogP contribution in [0.1, 0.15) is 19.4 Å². The second-order valence-corrected chi connectivity index (χ2v) is 7.54. The molecule has 154 valence electrons. The van der Waals surface area contributed by atoms with Gasteiger partial charge >= 0.3 is 5.97 Å². The molecule has 0 saturated carbocycles. The Morgan fingerprint density at radius 1 is 0.966 bits per heavy atom. The number of carbonyl (C=O) groups excluding carboxylic acids is 3. The van der Waals surface area contributed by atoms with Crippen LogP contribution in [0.15, 0.2) is 48.5 Å². The minimum Gasteiger partial charge on any atom is -0.455 e. The van der Waals surface area contributed by atoms with Gasteiger partial charge in [-0.05, 0) is 55.3 Å². The average molecular weight is 418 g/mol. The summed E-state index contributed by atoms with van der Waals surface area (Å²) in [5, 5.41) is 4.64. The third-order valence-electron chi connectivity index (χ3n) is 3.92. The van der Waals surface area contributed by atoms with Crippen LogP contribution in [0.25, 0.3) is 0 Å². The van der Waals surface area contributed by atoms with Gasteiger partial charge < -0.3 is 15.4 Å². The topological polar surface area (TPSA) is 84.5 Å². The molecule has 0 spiro atoms. The molecule has 2 aromatic rings. The van der Waals surface area contributed by atoms with Gasteiger partial charge in [-0.1, -0.05) is 19.1 Å². The van der Waals surface area contributed by atoms with E-state index in [4.69, 9.17) is 4.74 Å². The molecule has 29 heavy (non-hydrogen) atoms. The van der Waals surface area contributed by atoms with E-state index in [1.165, 1.54) is 24.3 Å². The zero-order valence-electron chi connectivity index (χ0n) is 16.2. The molecule has 0 heterocycles. The molecule has 0 bridgehead atoms. The first kappa shape index (κ1) is 22.4. The van der Waals surface area contributed by atoms with Crippen molar-refractivity contribution in [3.8, 4) is 0 Å². The first-order valence-electron chi connectivity index (χ1n) is 9.10. The van der Waals surface area contributed by atoms with Gasteiger partial charge in [0.2, 0.25) is 5.91 Å². The van der Waals surface area contributed by atoms with Gasteiger partial charge in [0.25, 0.3) is 5.91 Å². The molecule has 6 nitrogen and oxygen atoms in total. The Morgan fingerprint density at radius 2 is 1.52 bits per heavy atom. The van der Waals surface area contributed by atoms with E-state index in [9.17, 15) is 18.8 Å². The maximum absolute atomic E-state index is 12.9. The summed E-state index contributed by atoms with van der Waals surface area (Å²) in [6, 6.07) is 12.8. The van der Waals surface area contributed by atoms with E-state index in [-0.39, 0.29) is 11.7 Å². The van der Waals surface area contributed by atoms with Gasteiger partial charge in [-0.25, -0.2) is 4.39 Å². The maximum Gasteiger partial charge on any atom is 0.319 e. The van der Waals surface area contributed by atoms with Crippen LogP contribution in [0.4, 0.5) is 15.8 Å². The van der Waals surface area contributed by atoms with Crippen LogP contribution in [-0.4, -0.2) is 35.4 Å². The smallest absolute Gasteiger partial charge is 0.319 e. The molecular formula is C21H23FN2O4S. The fourth-order valence-electron chi connectivity index (χ4n) is 2.27. The van der Waals surface area contributed by atoms with Crippen LogP contribution >= 0.6 is 11.8 Å². The number of hydrogen-bond acceptors (Lipinski definition) is 5. The number of carbonyl (C=O) groups is 3. The minimum absolute atomic E-state index is 0.0175. The zero-order valence-corrected chi connectivity index (χ0v) is 17.1. The van der Waals surface area contributed by atoms with Crippen LogP contribution < -0.4 is 10.6 Å². The van der Waals surface area contributed by atoms with Crippen LogP contribution in [0, 0.1) is 5.82 Å². The van der Waals surface area contributed by atoms with Crippen molar-refractivity contribution in [2.75, 3.05) is 23.0 Å². The van der Waals surface area contributed by atoms with E-state index in [0.29, 0.717) is 11.4 Å². The molecule has 0 aromatic heterocycles. The van der Waals surface area contributed by atoms with Crippen molar-refractivity contribution < 1.29 is 23.5 Å². The highest BCUT2D eigenvalue weighted by Gasteiger charge is 2.18. The SMILES string of the molecule is CCc1ccc(NC(=O)COC(=O)[C@H](C)SCC(=O)Nc2ccc(F)cc2)cc1. The lowest BCUT2D eigenvalue weighted by molar-refractivity contribution is -0.146. The van der Waals surface area contributed by atoms with Crippen LogP contribution in [0.5, 0.6) is 0 Å². The fourth-order valence-corrected chi connectivity index (χ4v) is 2.95. The number of nitrogens with one attached hydrogen (secondary N) is 2. The van der Waals surface area contributed by atoms with Crippen molar-refractivity contribution in [2.24, 2.45) is 0 Å². The van der Waals surface area contributed by atoms with Crippen molar-refractivity contribution in [1.29, 1.82) is 0 Å². The van der Waals surface area contributed by atoms with Gasteiger partial charge in [0.1, 0.15) is 11.1 Å². The summed E-state index contributed by atoms with van der Waals surface area (Å²) in [7, 11) is 0. The summed E-state index contributed by atoms with van der Waals surface area (Å²) in [6.45, 7) is 3.24. The van der Waals surface area contributed by atoms with E-state index in [0.717, 1.165) is 23.7 Å². The average Bonchev–Trinajstić information content (AvgIpc) is 2.72. The first-order valence-corrected chi connectivity index (χ1v) is 10.1. The van der Waals surface area contributed by atoms with Crippen molar-refractivity contribution in [1.82, 2.24) is 0 Å². The lowest BCUT2D eigenvalue weighted by atomic mass is 10.1. The Bertz CT molecular complexity index is 841. The first-order chi connectivity index (χ1) is 13.9.